The van der Waals surface area contributed by atoms with E-state index >= 15 is 0 Å². The van der Waals surface area contributed by atoms with Crippen LogP contribution in [0.15, 0.2) is 85.2 Å². The number of rotatable bonds is 4. The zero-order valence-corrected chi connectivity index (χ0v) is 13.3. The molecule has 0 N–H and O–H groups in total. The molecule has 24 heavy (non-hydrogen) atoms. The van der Waals surface area contributed by atoms with Crippen LogP contribution in [-0.4, -0.2) is 4.57 Å². The summed E-state index contributed by atoms with van der Waals surface area (Å²) in [5, 5.41) is 0. The molecule has 1 aromatic heterocycles. The molecule has 0 bridgehead atoms. The first kappa shape index (κ1) is 14.6. The number of halogens is 1. The van der Waals surface area contributed by atoms with Gasteiger partial charge in [0.25, 0.3) is 0 Å². The highest BCUT2D eigenvalue weighted by molar-refractivity contribution is 5.71. The van der Waals surface area contributed by atoms with E-state index in [9.17, 15) is 4.39 Å². The Kier molecular flexibility index (Phi) is 3.83. The van der Waals surface area contributed by atoms with Gasteiger partial charge in [-0.3, -0.25) is 0 Å². The second-order valence-corrected chi connectivity index (χ2v) is 5.97. The molecule has 0 unspecified atom stereocenters. The Bertz CT molecular complexity index is 956. The van der Waals surface area contributed by atoms with E-state index in [-0.39, 0.29) is 5.82 Å². The Morgan fingerprint density at radius 1 is 0.750 bits per heavy atom. The van der Waals surface area contributed by atoms with Crippen LogP contribution in [0.4, 0.5) is 4.39 Å². The lowest BCUT2D eigenvalue weighted by Crippen LogP contribution is -2.32. The van der Waals surface area contributed by atoms with Gasteiger partial charge in [0, 0.05) is 0 Å². The lowest BCUT2D eigenvalue weighted by molar-refractivity contribution is -0.663. The van der Waals surface area contributed by atoms with E-state index in [0.29, 0.717) is 0 Å². The van der Waals surface area contributed by atoms with Gasteiger partial charge < -0.3 is 0 Å². The van der Waals surface area contributed by atoms with Gasteiger partial charge in [-0.05, 0) is 35.4 Å². The summed E-state index contributed by atoms with van der Waals surface area (Å²) in [6.45, 7) is 1.56. The number of hydrogen-bond donors (Lipinski definition) is 0. The van der Waals surface area contributed by atoms with Crippen molar-refractivity contribution in [3.05, 3.63) is 102 Å². The SMILES string of the molecule is Fc1ccc(Cn2c[n+](Cc3ccccc3)c3ccccc32)cc1. The maximum absolute atomic E-state index is 13.1. The van der Waals surface area contributed by atoms with Crippen LogP contribution in [0, 0.1) is 5.82 Å². The van der Waals surface area contributed by atoms with Crippen molar-refractivity contribution in [1.29, 1.82) is 0 Å². The Morgan fingerprint density at radius 2 is 1.46 bits per heavy atom. The molecule has 0 radical (unpaired) electrons. The molecule has 0 amide bonds. The summed E-state index contributed by atoms with van der Waals surface area (Å²) in [7, 11) is 0. The minimum absolute atomic E-state index is 0.199. The number of fused-ring (bicyclic) bond motifs is 1. The molecule has 4 aromatic rings. The first-order valence-electron chi connectivity index (χ1n) is 8.05. The average Bonchev–Trinajstić information content (AvgIpc) is 2.96. The molecule has 3 aromatic carbocycles. The van der Waals surface area contributed by atoms with Gasteiger partial charge in [0.05, 0.1) is 0 Å². The molecule has 0 aliphatic carbocycles. The van der Waals surface area contributed by atoms with Gasteiger partial charge in [-0.1, -0.05) is 54.6 Å². The molecular formula is C21H18FN2+. The molecular weight excluding hydrogens is 299 g/mol. The number of imidazole rings is 1. The van der Waals surface area contributed by atoms with Crippen LogP contribution in [0.3, 0.4) is 0 Å². The van der Waals surface area contributed by atoms with E-state index in [2.05, 4.69) is 64.0 Å². The Hall–Kier alpha value is -2.94. The third-order valence-corrected chi connectivity index (χ3v) is 4.24. The summed E-state index contributed by atoms with van der Waals surface area (Å²) in [4.78, 5) is 0. The number of nitrogens with zero attached hydrogens (tertiary/aromatic N) is 2. The molecule has 3 heteroatoms. The summed E-state index contributed by atoms with van der Waals surface area (Å²) < 4.78 is 17.6. The third-order valence-electron chi connectivity index (χ3n) is 4.24. The number of para-hydroxylation sites is 2. The van der Waals surface area contributed by atoms with Crippen molar-refractivity contribution < 1.29 is 8.96 Å². The Morgan fingerprint density at radius 3 is 2.25 bits per heavy atom. The van der Waals surface area contributed by atoms with E-state index in [0.717, 1.165) is 18.7 Å². The number of hydrogen-bond acceptors (Lipinski definition) is 0. The van der Waals surface area contributed by atoms with Gasteiger partial charge in [0.2, 0.25) is 6.33 Å². The van der Waals surface area contributed by atoms with E-state index in [4.69, 9.17) is 0 Å². The molecule has 0 aliphatic heterocycles. The zero-order valence-electron chi connectivity index (χ0n) is 13.3. The van der Waals surface area contributed by atoms with Crippen molar-refractivity contribution in [1.82, 2.24) is 4.57 Å². The molecule has 2 nitrogen and oxygen atoms in total. The van der Waals surface area contributed by atoms with Crippen LogP contribution >= 0.6 is 0 Å². The highest BCUT2D eigenvalue weighted by Gasteiger charge is 2.15. The quantitative estimate of drug-likeness (QED) is 0.500. The molecule has 0 aliphatic rings. The van der Waals surface area contributed by atoms with Gasteiger partial charge in [-0.2, -0.15) is 0 Å². The monoisotopic (exact) mass is 317 g/mol. The molecule has 118 valence electrons. The fourth-order valence-electron chi connectivity index (χ4n) is 3.06. The summed E-state index contributed by atoms with van der Waals surface area (Å²) in [5.41, 5.74) is 4.73. The van der Waals surface area contributed by atoms with Crippen molar-refractivity contribution in [3.8, 4) is 0 Å². The maximum atomic E-state index is 13.1. The van der Waals surface area contributed by atoms with E-state index in [1.807, 2.05) is 18.2 Å². The molecule has 4 rings (SSSR count). The van der Waals surface area contributed by atoms with Crippen LogP contribution in [0.1, 0.15) is 11.1 Å². The average molecular weight is 317 g/mol. The molecule has 0 saturated carbocycles. The molecule has 0 saturated heterocycles. The standard InChI is InChI=1S/C21H18FN2/c22-19-12-10-18(11-13-19)15-24-16-23(14-17-6-2-1-3-7-17)20-8-4-5-9-21(20)24/h1-13,16H,14-15H2/q+1. The van der Waals surface area contributed by atoms with Crippen molar-refractivity contribution in [2.24, 2.45) is 0 Å². The zero-order chi connectivity index (χ0) is 16.4. The predicted octanol–water partition coefficient (Wildman–Crippen LogP) is 4.16. The first-order chi connectivity index (χ1) is 11.8. The van der Waals surface area contributed by atoms with Crippen LogP contribution in [0.25, 0.3) is 11.0 Å². The van der Waals surface area contributed by atoms with Crippen molar-refractivity contribution in [3.63, 3.8) is 0 Å². The van der Waals surface area contributed by atoms with Crippen LogP contribution < -0.4 is 4.57 Å². The molecule has 0 fully saturated rings. The normalized spacial score (nSPS) is 11.0. The smallest absolute Gasteiger partial charge is 0.226 e. The van der Waals surface area contributed by atoms with Gasteiger partial charge in [0.1, 0.15) is 18.9 Å². The first-order valence-corrected chi connectivity index (χ1v) is 8.05. The van der Waals surface area contributed by atoms with Gasteiger partial charge in [-0.25, -0.2) is 13.5 Å². The Balaban J connectivity index is 1.72. The van der Waals surface area contributed by atoms with E-state index in [1.54, 1.807) is 0 Å². The fraction of sp³-hybridized carbons (Fsp3) is 0.0952. The van der Waals surface area contributed by atoms with Crippen molar-refractivity contribution >= 4 is 11.0 Å². The largest absolute Gasteiger partial charge is 0.245 e. The summed E-state index contributed by atoms with van der Waals surface area (Å²) >= 11 is 0. The van der Waals surface area contributed by atoms with Crippen molar-refractivity contribution in [2.45, 2.75) is 13.1 Å². The minimum Gasteiger partial charge on any atom is -0.226 e. The highest BCUT2D eigenvalue weighted by Crippen LogP contribution is 2.14. The second-order valence-electron chi connectivity index (χ2n) is 5.97. The number of aromatic nitrogens is 2. The van der Waals surface area contributed by atoms with Crippen LogP contribution in [0.2, 0.25) is 0 Å². The Labute approximate surface area is 140 Å². The fourth-order valence-corrected chi connectivity index (χ4v) is 3.06. The van der Waals surface area contributed by atoms with Gasteiger partial charge in [0.15, 0.2) is 11.0 Å². The molecule has 1 heterocycles. The maximum Gasteiger partial charge on any atom is 0.245 e. The predicted molar refractivity (Wildman–Crippen MR) is 93.2 cm³/mol. The third kappa shape index (κ3) is 2.93. The summed E-state index contributed by atoms with van der Waals surface area (Å²) in [6.07, 6.45) is 2.14. The van der Waals surface area contributed by atoms with Crippen LogP contribution in [-0.2, 0) is 13.1 Å². The summed E-state index contributed by atoms with van der Waals surface area (Å²) in [6, 6.07) is 25.5. The van der Waals surface area contributed by atoms with E-state index < -0.39 is 0 Å². The topological polar surface area (TPSA) is 8.81 Å². The molecule has 0 atom stereocenters. The lowest BCUT2D eigenvalue weighted by Gasteiger charge is -1.99. The minimum atomic E-state index is -0.199. The van der Waals surface area contributed by atoms with Gasteiger partial charge in [-0.15, -0.1) is 0 Å². The molecule has 0 spiro atoms. The summed E-state index contributed by atoms with van der Waals surface area (Å²) in [5.74, 6) is -0.199. The van der Waals surface area contributed by atoms with E-state index in [1.165, 1.54) is 28.7 Å². The second kappa shape index (κ2) is 6.28. The number of benzene rings is 3. The van der Waals surface area contributed by atoms with Crippen LogP contribution in [0.5, 0.6) is 0 Å². The van der Waals surface area contributed by atoms with Gasteiger partial charge >= 0.3 is 0 Å². The highest BCUT2D eigenvalue weighted by atomic mass is 19.1. The van der Waals surface area contributed by atoms with Crippen molar-refractivity contribution in [2.75, 3.05) is 0 Å². The lowest BCUT2D eigenvalue weighted by atomic mass is 10.2.